The molecule has 2 atom stereocenters. The van der Waals surface area contributed by atoms with Crippen molar-refractivity contribution in [2.75, 3.05) is 10.6 Å². The predicted octanol–water partition coefficient (Wildman–Crippen LogP) is 3.24. The number of para-hydroxylation sites is 1. The monoisotopic (exact) mass is 509 g/mol. The van der Waals surface area contributed by atoms with Crippen molar-refractivity contribution in [2.45, 2.75) is 58.3 Å². The lowest BCUT2D eigenvalue weighted by molar-refractivity contribution is -0.140. The Balaban J connectivity index is 1.65. The molecule has 4 N–H and O–H groups in total. The topological polar surface area (TPSA) is 148 Å². The summed E-state index contributed by atoms with van der Waals surface area (Å²) in [6.07, 6.45) is -0.281. The number of nitrogens with one attached hydrogen (secondary N) is 3. The minimum Gasteiger partial charge on any atom is -0.481 e. The Kier molecular flexibility index (Phi) is 8.16. The second-order valence-corrected chi connectivity index (χ2v) is 9.43. The molecule has 0 unspecified atom stereocenters. The van der Waals surface area contributed by atoms with Crippen LogP contribution in [0.15, 0.2) is 54.6 Å². The number of carboxylic acid groups (broad SMARTS) is 1. The maximum Gasteiger partial charge on any atom is 0.328 e. The fraction of sp³-hybridized carbons (Fsp3) is 0.346. The molecule has 0 aromatic heterocycles. The lowest BCUT2D eigenvalue weighted by Crippen LogP contribution is -2.51. The molecule has 1 aliphatic heterocycles. The zero-order chi connectivity index (χ0) is 27.3. The number of carboxylic acids is 1. The number of rotatable bonds is 9. The van der Waals surface area contributed by atoms with Gasteiger partial charge in [0, 0.05) is 24.0 Å². The van der Waals surface area contributed by atoms with Gasteiger partial charge in [0.05, 0.1) is 6.42 Å². The van der Waals surface area contributed by atoms with E-state index in [4.69, 9.17) is 5.11 Å². The van der Waals surface area contributed by atoms with Crippen molar-refractivity contribution in [2.24, 2.45) is 0 Å². The van der Waals surface area contributed by atoms with Crippen molar-refractivity contribution >= 4 is 41.2 Å². The molecular weight excluding hydrogens is 478 g/mol. The van der Waals surface area contributed by atoms with Crippen molar-refractivity contribution in [3.8, 4) is 0 Å². The number of carbonyl (C=O) groups is 5. The van der Waals surface area contributed by atoms with Gasteiger partial charge in [-0.25, -0.2) is 14.5 Å². The number of aliphatic carboxylic acids is 1. The average molecular weight is 510 g/mol. The van der Waals surface area contributed by atoms with Crippen LogP contribution in [0.25, 0.3) is 0 Å². The molecule has 37 heavy (non-hydrogen) atoms. The lowest BCUT2D eigenvalue weighted by Gasteiger charge is -2.27. The number of urea groups is 2. The molecule has 0 spiro atoms. The highest BCUT2D eigenvalue weighted by Gasteiger charge is 2.53. The average Bonchev–Trinajstić information content (AvgIpc) is 2.99. The van der Waals surface area contributed by atoms with E-state index >= 15 is 0 Å². The molecule has 0 bridgehead atoms. The standard InChI is InChI=1S/C26H31N5O6/c1-16(14-21(32)33)27-22(34)17(2)31-23(35)26(3,4)30(25(31)37)15-18-10-12-20(13-11-18)29-24(36)28-19-8-6-5-7-9-19/h5-13,16-17H,14-15H2,1-4H3,(H,27,34)(H,32,33)(H2,28,29,36)/t16-,17+/m1/s1. The van der Waals surface area contributed by atoms with Crippen LogP contribution in [0.5, 0.6) is 0 Å². The van der Waals surface area contributed by atoms with Gasteiger partial charge in [-0.1, -0.05) is 30.3 Å². The van der Waals surface area contributed by atoms with E-state index < -0.39 is 47.5 Å². The molecule has 2 aromatic rings. The molecule has 0 saturated carbocycles. The third-order valence-electron chi connectivity index (χ3n) is 6.07. The van der Waals surface area contributed by atoms with Gasteiger partial charge in [0.2, 0.25) is 5.91 Å². The van der Waals surface area contributed by atoms with Crippen molar-refractivity contribution < 1.29 is 29.1 Å². The lowest BCUT2D eigenvalue weighted by atomic mass is 10.0. The Labute approximate surface area is 214 Å². The Hall–Kier alpha value is -4.41. The van der Waals surface area contributed by atoms with Gasteiger partial charge in [-0.15, -0.1) is 0 Å². The van der Waals surface area contributed by atoms with E-state index in [0.29, 0.717) is 11.4 Å². The summed E-state index contributed by atoms with van der Waals surface area (Å²) < 4.78 is 0. The first kappa shape index (κ1) is 27.2. The molecule has 2 aromatic carbocycles. The predicted molar refractivity (Wildman–Crippen MR) is 137 cm³/mol. The first-order chi connectivity index (χ1) is 17.4. The Morgan fingerprint density at radius 1 is 0.919 bits per heavy atom. The van der Waals surface area contributed by atoms with Gasteiger partial charge in [0.1, 0.15) is 11.6 Å². The van der Waals surface area contributed by atoms with Crippen molar-refractivity contribution in [3.05, 3.63) is 60.2 Å². The normalized spacial score (nSPS) is 16.2. The molecule has 0 radical (unpaired) electrons. The van der Waals surface area contributed by atoms with Crippen LogP contribution >= 0.6 is 0 Å². The fourth-order valence-corrected chi connectivity index (χ4v) is 3.96. The number of nitrogens with zero attached hydrogens (tertiary/aromatic N) is 2. The number of benzene rings is 2. The Bertz CT molecular complexity index is 1180. The van der Waals surface area contributed by atoms with Gasteiger partial charge in [-0.3, -0.25) is 14.4 Å². The molecule has 1 fully saturated rings. The zero-order valence-corrected chi connectivity index (χ0v) is 21.1. The van der Waals surface area contributed by atoms with Crippen LogP contribution in [0.4, 0.5) is 21.0 Å². The molecule has 1 heterocycles. The van der Waals surface area contributed by atoms with E-state index in [1.807, 2.05) is 18.2 Å². The summed E-state index contributed by atoms with van der Waals surface area (Å²) in [4.78, 5) is 64.3. The fourth-order valence-electron chi connectivity index (χ4n) is 3.96. The van der Waals surface area contributed by atoms with Crippen molar-refractivity contribution in [3.63, 3.8) is 0 Å². The molecule has 11 heteroatoms. The van der Waals surface area contributed by atoms with Crippen LogP contribution in [-0.2, 0) is 20.9 Å². The Morgan fingerprint density at radius 2 is 1.49 bits per heavy atom. The van der Waals surface area contributed by atoms with Gasteiger partial charge >= 0.3 is 18.0 Å². The highest BCUT2D eigenvalue weighted by molar-refractivity contribution is 6.09. The van der Waals surface area contributed by atoms with E-state index in [-0.39, 0.29) is 13.0 Å². The maximum absolute atomic E-state index is 13.2. The van der Waals surface area contributed by atoms with Gasteiger partial charge in [-0.05, 0) is 57.5 Å². The van der Waals surface area contributed by atoms with Crippen LogP contribution in [0.1, 0.15) is 39.7 Å². The molecule has 0 aliphatic carbocycles. The molecule has 1 saturated heterocycles. The highest BCUT2D eigenvalue weighted by Crippen LogP contribution is 2.31. The minimum absolute atomic E-state index is 0.105. The minimum atomic E-state index is -1.20. The summed E-state index contributed by atoms with van der Waals surface area (Å²) in [5.41, 5.74) is 0.713. The molecule has 196 valence electrons. The first-order valence-corrected chi connectivity index (χ1v) is 11.8. The second-order valence-electron chi connectivity index (χ2n) is 9.43. The van der Waals surface area contributed by atoms with Crippen LogP contribution < -0.4 is 16.0 Å². The number of amides is 6. The third-order valence-corrected chi connectivity index (χ3v) is 6.07. The zero-order valence-electron chi connectivity index (χ0n) is 21.1. The third kappa shape index (κ3) is 6.43. The highest BCUT2D eigenvalue weighted by atomic mass is 16.4. The SMILES string of the molecule is C[C@H](CC(=O)O)NC(=O)[C@H](C)N1C(=O)N(Cc2ccc(NC(=O)Nc3ccccc3)cc2)C(C)(C)C1=O. The summed E-state index contributed by atoms with van der Waals surface area (Å²) in [6, 6.07) is 13.0. The largest absolute Gasteiger partial charge is 0.481 e. The summed E-state index contributed by atoms with van der Waals surface area (Å²) in [5, 5.41) is 16.9. The van der Waals surface area contributed by atoms with Crippen LogP contribution in [0, 0.1) is 0 Å². The number of hydrogen-bond acceptors (Lipinski definition) is 5. The van der Waals surface area contributed by atoms with E-state index in [1.54, 1.807) is 50.2 Å². The molecule has 11 nitrogen and oxygen atoms in total. The maximum atomic E-state index is 13.2. The quantitative estimate of drug-likeness (QED) is 0.382. The van der Waals surface area contributed by atoms with E-state index in [2.05, 4.69) is 16.0 Å². The van der Waals surface area contributed by atoms with Gasteiger partial charge in [-0.2, -0.15) is 0 Å². The van der Waals surface area contributed by atoms with Crippen LogP contribution in [0.2, 0.25) is 0 Å². The second kappa shape index (κ2) is 11.1. The summed E-state index contributed by atoms with van der Waals surface area (Å²) in [6.45, 7) is 6.28. The summed E-state index contributed by atoms with van der Waals surface area (Å²) >= 11 is 0. The van der Waals surface area contributed by atoms with E-state index in [0.717, 1.165) is 10.5 Å². The number of imide groups is 1. The summed E-state index contributed by atoms with van der Waals surface area (Å²) in [5.74, 6) is -2.21. The number of anilines is 2. The Morgan fingerprint density at radius 3 is 2.05 bits per heavy atom. The smallest absolute Gasteiger partial charge is 0.328 e. The first-order valence-electron chi connectivity index (χ1n) is 11.8. The molecule has 6 amide bonds. The van der Waals surface area contributed by atoms with E-state index in [1.165, 1.54) is 18.7 Å². The molecule has 1 aliphatic rings. The van der Waals surface area contributed by atoms with Crippen LogP contribution in [-0.4, -0.2) is 62.4 Å². The van der Waals surface area contributed by atoms with Gasteiger partial charge in [0.25, 0.3) is 5.91 Å². The molecule has 3 rings (SSSR count). The van der Waals surface area contributed by atoms with Crippen molar-refractivity contribution in [1.82, 2.24) is 15.1 Å². The summed E-state index contributed by atoms with van der Waals surface area (Å²) in [7, 11) is 0. The number of hydrogen-bond donors (Lipinski definition) is 4. The number of carbonyl (C=O) groups excluding carboxylic acids is 4. The van der Waals surface area contributed by atoms with Gasteiger partial charge in [0.15, 0.2) is 0 Å². The van der Waals surface area contributed by atoms with Crippen molar-refractivity contribution in [1.29, 1.82) is 0 Å². The van der Waals surface area contributed by atoms with Gasteiger partial charge < -0.3 is 26.0 Å². The van der Waals surface area contributed by atoms with Crippen LogP contribution in [0.3, 0.4) is 0 Å². The van der Waals surface area contributed by atoms with E-state index in [9.17, 15) is 24.0 Å². The molecular formula is C26H31N5O6.